The number of nitrogens with one attached hydrogen (secondary N) is 2. The smallest absolute Gasteiger partial charge is 0.0620 e. The van der Waals surface area contributed by atoms with Gasteiger partial charge in [-0.2, -0.15) is 5.10 Å². The lowest BCUT2D eigenvalue weighted by Gasteiger charge is -2.26. The molecule has 1 aromatic rings. The Morgan fingerprint density at radius 2 is 2.59 bits per heavy atom. The maximum atomic E-state index is 5.45. The number of hydrogen-bond donors (Lipinski definition) is 2. The summed E-state index contributed by atoms with van der Waals surface area (Å²) in [6.45, 7) is 5.72. The largest absolute Gasteiger partial charge is 0.379 e. The quantitative estimate of drug-likeness (QED) is 0.773. The van der Waals surface area contributed by atoms with E-state index in [9.17, 15) is 0 Å². The van der Waals surface area contributed by atoms with Crippen LogP contribution in [0.2, 0.25) is 0 Å². The van der Waals surface area contributed by atoms with Gasteiger partial charge in [0.2, 0.25) is 0 Å². The average molecular weight is 238 g/mol. The molecule has 5 nitrogen and oxygen atoms in total. The van der Waals surface area contributed by atoms with Gasteiger partial charge in [0.1, 0.15) is 0 Å². The summed E-state index contributed by atoms with van der Waals surface area (Å²) in [6.07, 6.45) is 2.93. The predicted octanol–water partition coefficient (Wildman–Crippen LogP) is 0.277. The van der Waals surface area contributed by atoms with E-state index in [1.165, 1.54) is 5.69 Å². The second-order valence-corrected chi connectivity index (χ2v) is 4.69. The van der Waals surface area contributed by atoms with Crippen LogP contribution in [0.5, 0.6) is 0 Å². The maximum absolute atomic E-state index is 5.45. The molecule has 0 bridgehead atoms. The van der Waals surface area contributed by atoms with E-state index in [0.717, 1.165) is 32.7 Å². The third-order valence-electron chi connectivity index (χ3n) is 3.19. The molecule has 1 aromatic heterocycles. The average Bonchev–Trinajstić information content (AvgIpc) is 2.74. The SMILES string of the molecule is CC(CC1COCCN1)NCc1ccnn1C. The van der Waals surface area contributed by atoms with Gasteiger partial charge in [-0.25, -0.2) is 0 Å². The zero-order chi connectivity index (χ0) is 12.1. The van der Waals surface area contributed by atoms with E-state index >= 15 is 0 Å². The molecular weight excluding hydrogens is 216 g/mol. The first-order valence-corrected chi connectivity index (χ1v) is 6.27. The highest BCUT2D eigenvalue weighted by Gasteiger charge is 2.15. The molecule has 0 aromatic carbocycles. The van der Waals surface area contributed by atoms with Crippen LogP contribution in [0.1, 0.15) is 19.0 Å². The van der Waals surface area contributed by atoms with Crippen LogP contribution in [-0.4, -0.2) is 41.6 Å². The molecule has 5 heteroatoms. The first-order chi connectivity index (χ1) is 8.25. The van der Waals surface area contributed by atoms with Gasteiger partial charge in [-0.3, -0.25) is 4.68 Å². The highest BCUT2D eigenvalue weighted by Crippen LogP contribution is 2.04. The Hall–Kier alpha value is -0.910. The Kier molecular flexibility index (Phi) is 4.53. The summed E-state index contributed by atoms with van der Waals surface area (Å²) >= 11 is 0. The summed E-state index contributed by atoms with van der Waals surface area (Å²) in [5.41, 5.74) is 1.21. The van der Waals surface area contributed by atoms with Gasteiger partial charge in [-0.15, -0.1) is 0 Å². The van der Waals surface area contributed by atoms with Crippen molar-refractivity contribution in [1.82, 2.24) is 20.4 Å². The molecule has 1 aliphatic heterocycles. The van der Waals surface area contributed by atoms with Crippen LogP contribution in [-0.2, 0) is 18.3 Å². The third kappa shape index (κ3) is 3.80. The molecular formula is C12H22N4O. The number of nitrogens with zero attached hydrogens (tertiary/aromatic N) is 2. The molecule has 17 heavy (non-hydrogen) atoms. The number of morpholine rings is 1. The summed E-state index contributed by atoms with van der Waals surface area (Å²) in [6, 6.07) is 3.00. The summed E-state index contributed by atoms with van der Waals surface area (Å²) in [5, 5.41) is 11.1. The normalized spacial score (nSPS) is 22.6. The van der Waals surface area contributed by atoms with Crippen LogP contribution in [0, 0.1) is 0 Å². The van der Waals surface area contributed by atoms with Gasteiger partial charge >= 0.3 is 0 Å². The lowest BCUT2D eigenvalue weighted by Crippen LogP contribution is -2.44. The summed E-state index contributed by atoms with van der Waals surface area (Å²) in [7, 11) is 1.97. The monoisotopic (exact) mass is 238 g/mol. The Labute approximate surface area is 103 Å². The van der Waals surface area contributed by atoms with Gasteiger partial charge in [-0.1, -0.05) is 0 Å². The van der Waals surface area contributed by atoms with E-state index in [1.54, 1.807) is 0 Å². The topological polar surface area (TPSA) is 51.1 Å². The molecule has 2 unspecified atom stereocenters. The molecule has 1 aliphatic rings. The molecule has 1 saturated heterocycles. The van der Waals surface area contributed by atoms with E-state index in [2.05, 4.69) is 22.7 Å². The van der Waals surface area contributed by atoms with Crippen molar-refractivity contribution in [2.75, 3.05) is 19.8 Å². The van der Waals surface area contributed by atoms with E-state index in [4.69, 9.17) is 4.74 Å². The summed E-state index contributed by atoms with van der Waals surface area (Å²) in [4.78, 5) is 0. The fourth-order valence-corrected chi connectivity index (χ4v) is 2.13. The number of rotatable bonds is 5. The minimum absolute atomic E-state index is 0.476. The molecule has 0 spiro atoms. The van der Waals surface area contributed by atoms with Gasteiger partial charge in [0.15, 0.2) is 0 Å². The van der Waals surface area contributed by atoms with Crippen LogP contribution < -0.4 is 10.6 Å². The van der Waals surface area contributed by atoms with E-state index in [0.29, 0.717) is 12.1 Å². The lowest BCUT2D eigenvalue weighted by atomic mass is 10.1. The Balaban J connectivity index is 1.70. The van der Waals surface area contributed by atoms with Crippen molar-refractivity contribution in [1.29, 1.82) is 0 Å². The fourth-order valence-electron chi connectivity index (χ4n) is 2.13. The first-order valence-electron chi connectivity index (χ1n) is 6.27. The molecule has 96 valence electrons. The van der Waals surface area contributed by atoms with Crippen LogP contribution in [0.25, 0.3) is 0 Å². The van der Waals surface area contributed by atoms with E-state index in [1.807, 2.05) is 24.0 Å². The molecule has 0 radical (unpaired) electrons. The van der Waals surface area contributed by atoms with Crippen molar-refractivity contribution in [3.63, 3.8) is 0 Å². The van der Waals surface area contributed by atoms with Crippen molar-refractivity contribution in [3.8, 4) is 0 Å². The molecule has 0 aliphatic carbocycles. The molecule has 2 atom stereocenters. The van der Waals surface area contributed by atoms with Gasteiger partial charge in [-0.05, 0) is 19.4 Å². The van der Waals surface area contributed by atoms with Gasteiger partial charge < -0.3 is 15.4 Å². The van der Waals surface area contributed by atoms with E-state index in [-0.39, 0.29) is 0 Å². The predicted molar refractivity (Wildman–Crippen MR) is 66.7 cm³/mol. The highest BCUT2D eigenvalue weighted by atomic mass is 16.5. The molecule has 2 heterocycles. The molecule has 1 fully saturated rings. The maximum Gasteiger partial charge on any atom is 0.0620 e. The van der Waals surface area contributed by atoms with Crippen LogP contribution in [0.15, 0.2) is 12.3 Å². The number of ether oxygens (including phenoxy) is 1. The molecule has 0 amide bonds. The van der Waals surface area contributed by atoms with Gasteiger partial charge in [0.05, 0.1) is 18.9 Å². The minimum atomic E-state index is 0.476. The van der Waals surface area contributed by atoms with Crippen LogP contribution >= 0.6 is 0 Å². The summed E-state index contributed by atoms with van der Waals surface area (Å²) < 4.78 is 7.35. The second kappa shape index (κ2) is 6.14. The third-order valence-corrected chi connectivity index (χ3v) is 3.19. The second-order valence-electron chi connectivity index (χ2n) is 4.69. The van der Waals surface area contributed by atoms with Gasteiger partial charge in [0.25, 0.3) is 0 Å². The Bertz CT molecular complexity index is 333. The molecule has 2 N–H and O–H groups in total. The Morgan fingerprint density at radius 3 is 3.24 bits per heavy atom. The van der Waals surface area contributed by atoms with Crippen molar-refractivity contribution < 1.29 is 4.74 Å². The van der Waals surface area contributed by atoms with Crippen molar-refractivity contribution in [2.45, 2.75) is 32.0 Å². The standard InChI is InChI=1S/C12H22N4O/c1-10(7-11-9-17-6-5-13-11)14-8-12-3-4-15-16(12)2/h3-4,10-11,13-14H,5-9H2,1-2H3. The van der Waals surface area contributed by atoms with Gasteiger partial charge in [0, 0.05) is 38.4 Å². The molecule has 2 rings (SSSR count). The van der Waals surface area contributed by atoms with Crippen molar-refractivity contribution in [2.24, 2.45) is 7.05 Å². The number of aromatic nitrogens is 2. The van der Waals surface area contributed by atoms with Crippen LogP contribution in [0.3, 0.4) is 0 Å². The highest BCUT2D eigenvalue weighted by molar-refractivity contribution is 4.99. The fraction of sp³-hybridized carbons (Fsp3) is 0.750. The molecule has 0 saturated carbocycles. The zero-order valence-corrected chi connectivity index (χ0v) is 10.6. The zero-order valence-electron chi connectivity index (χ0n) is 10.6. The first kappa shape index (κ1) is 12.5. The van der Waals surface area contributed by atoms with E-state index < -0.39 is 0 Å². The Morgan fingerprint density at radius 1 is 1.71 bits per heavy atom. The van der Waals surface area contributed by atoms with Crippen molar-refractivity contribution >= 4 is 0 Å². The number of hydrogen-bond acceptors (Lipinski definition) is 4. The van der Waals surface area contributed by atoms with Crippen LogP contribution in [0.4, 0.5) is 0 Å². The van der Waals surface area contributed by atoms with Crippen molar-refractivity contribution in [3.05, 3.63) is 18.0 Å². The minimum Gasteiger partial charge on any atom is -0.379 e. The lowest BCUT2D eigenvalue weighted by molar-refractivity contribution is 0.0711. The summed E-state index contributed by atoms with van der Waals surface area (Å²) in [5.74, 6) is 0. The number of aryl methyl sites for hydroxylation is 1.